The van der Waals surface area contributed by atoms with Crippen LogP contribution in [0.2, 0.25) is 0 Å². The van der Waals surface area contributed by atoms with Gasteiger partial charge in [0.05, 0.1) is 14.2 Å². The Labute approximate surface area is 198 Å². The minimum atomic E-state index is -0.299. The van der Waals surface area contributed by atoms with Crippen LogP contribution in [0.25, 0.3) is 0 Å². The number of cyclic esters (lactones) is 1. The number of carbonyl (C=O) groups is 2. The maximum Gasteiger partial charge on any atom is 0.342 e. The van der Waals surface area contributed by atoms with Gasteiger partial charge in [0.1, 0.15) is 23.2 Å². The number of likely N-dealkylation sites (tertiary alicyclic amines) is 1. The van der Waals surface area contributed by atoms with E-state index >= 15 is 0 Å². The molecule has 1 saturated heterocycles. The van der Waals surface area contributed by atoms with Crippen molar-refractivity contribution in [2.24, 2.45) is 0 Å². The van der Waals surface area contributed by atoms with Crippen LogP contribution in [0, 0.1) is 0 Å². The van der Waals surface area contributed by atoms with Crippen molar-refractivity contribution >= 4 is 11.9 Å². The fourth-order valence-electron chi connectivity index (χ4n) is 4.97. The summed E-state index contributed by atoms with van der Waals surface area (Å²) in [7, 11) is 5.09. The number of unbranched alkanes of at least 4 members (excludes halogenated alkanes) is 6. The summed E-state index contributed by atoms with van der Waals surface area (Å²) < 4.78 is 16.3. The molecule has 0 aliphatic carbocycles. The third kappa shape index (κ3) is 6.62. The molecule has 3 rings (SSSR count). The van der Waals surface area contributed by atoms with Crippen LogP contribution in [0.3, 0.4) is 0 Å². The monoisotopic (exact) mass is 460 g/mol. The topological polar surface area (TPSA) is 68.3 Å². The highest BCUT2D eigenvalue weighted by Gasteiger charge is 2.34. The number of carbonyl (C=O) groups excluding carboxylic acids is 2. The van der Waals surface area contributed by atoms with Gasteiger partial charge in [-0.3, -0.25) is 4.79 Å². The molecule has 7 heteroatoms. The number of amides is 1. The highest BCUT2D eigenvalue weighted by atomic mass is 16.6. The zero-order valence-corrected chi connectivity index (χ0v) is 20.7. The van der Waals surface area contributed by atoms with E-state index in [1.165, 1.54) is 32.1 Å². The van der Waals surface area contributed by atoms with E-state index in [9.17, 15) is 9.59 Å². The van der Waals surface area contributed by atoms with E-state index in [0.29, 0.717) is 23.1 Å². The van der Waals surface area contributed by atoms with Gasteiger partial charge in [0.25, 0.3) is 0 Å². The van der Waals surface area contributed by atoms with Crippen molar-refractivity contribution < 1.29 is 23.8 Å². The van der Waals surface area contributed by atoms with E-state index in [4.69, 9.17) is 14.2 Å². The molecule has 7 nitrogen and oxygen atoms in total. The lowest BCUT2D eigenvalue weighted by atomic mass is 9.99. The summed E-state index contributed by atoms with van der Waals surface area (Å²) in [5.41, 5.74) is 1.43. The summed E-state index contributed by atoms with van der Waals surface area (Å²) in [4.78, 5) is 28.2. The normalized spacial score (nSPS) is 19.9. The van der Waals surface area contributed by atoms with Gasteiger partial charge in [-0.2, -0.15) is 0 Å². The van der Waals surface area contributed by atoms with Crippen LogP contribution in [0.15, 0.2) is 12.1 Å². The van der Waals surface area contributed by atoms with Crippen molar-refractivity contribution in [2.45, 2.75) is 76.9 Å². The third-order valence-electron chi connectivity index (χ3n) is 7.09. The molecular weight excluding hydrogens is 420 g/mol. The first-order valence-electron chi connectivity index (χ1n) is 12.4. The molecule has 0 bridgehead atoms. The van der Waals surface area contributed by atoms with Gasteiger partial charge >= 0.3 is 5.97 Å². The van der Waals surface area contributed by atoms with E-state index in [2.05, 4.69) is 4.90 Å². The van der Waals surface area contributed by atoms with Gasteiger partial charge in [-0.25, -0.2) is 4.79 Å². The SMILES string of the molecule is COc1cc(OC)c2c(c1)[C@@H](CCCCCCCCCN1CC[C@H](N(C)C(C)=O)C1)OC2=O. The van der Waals surface area contributed by atoms with E-state index in [1.54, 1.807) is 27.2 Å². The van der Waals surface area contributed by atoms with Crippen molar-refractivity contribution in [1.29, 1.82) is 0 Å². The van der Waals surface area contributed by atoms with Crippen LogP contribution in [-0.2, 0) is 9.53 Å². The predicted octanol–water partition coefficient (Wildman–Crippen LogP) is 4.59. The van der Waals surface area contributed by atoms with Gasteiger partial charge in [0.2, 0.25) is 5.91 Å². The second kappa shape index (κ2) is 12.3. The first-order chi connectivity index (χ1) is 15.9. The molecule has 2 aliphatic heterocycles. The van der Waals surface area contributed by atoms with Crippen molar-refractivity contribution in [2.75, 3.05) is 40.9 Å². The molecule has 2 aliphatic rings. The highest BCUT2D eigenvalue weighted by molar-refractivity contribution is 5.97. The Kier molecular flexibility index (Phi) is 9.41. The second-order valence-electron chi connectivity index (χ2n) is 9.32. The third-order valence-corrected chi connectivity index (χ3v) is 7.09. The number of methoxy groups -OCH3 is 2. The van der Waals surface area contributed by atoms with E-state index in [-0.39, 0.29) is 18.0 Å². The summed E-state index contributed by atoms with van der Waals surface area (Å²) in [5.74, 6) is 1.07. The quantitative estimate of drug-likeness (QED) is 0.317. The molecule has 1 aromatic carbocycles. The molecule has 2 atom stereocenters. The lowest BCUT2D eigenvalue weighted by molar-refractivity contribution is -0.129. The molecule has 2 heterocycles. The second-order valence-corrected chi connectivity index (χ2v) is 9.32. The Morgan fingerprint density at radius 1 is 1.09 bits per heavy atom. The summed E-state index contributed by atoms with van der Waals surface area (Å²) in [5, 5.41) is 0. The first-order valence-corrected chi connectivity index (χ1v) is 12.4. The Balaban J connectivity index is 1.27. The van der Waals surface area contributed by atoms with E-state index in [0.717, 1.165) is 50.9 Å². The van der Waals surface area contributed by atoms with Crippen LogP contribution >= 0.6 is 0 Å². The molecule has 0 radical (unpaired) electrons. The number of fused-ring (bicyclic) bond motifs is 1. The number of benzene rings is 1. The van der Waals surface area contributed by atoms with Gasteiger partial charge in [-0.1, -0.05) is 32.1 Å². The number of rotatable bonds is 13. The zero-order chi connectivity index (χ0) is 23.8. The molecule has 0 aromatic heterocycles. The summed E-state index contributed by atoms with van der Waals surface area (Å²) in [6, 6.07) is 4.01. The summed E-state index contributed by atoms with van der Waals surface area (Å²) >= 11 is 0. The van der Waals surface area contributed by atoms with Crippen LogP contribution < -0.4 is 9.47 Å². The standard InChI is InChI=1S/C26H40N2O5/c1-19(29)27(2)20-13-15-28(18-20)14-11-9-7-5-6-8-10-12-23-22-16-21(31-3)17-24(32-4)25(22)26(30)33-23/h16-17,20,23H,5-15,18H2,1-4H3/t20-,23+/m0/s1. The molecule has 0 spiro atoms. The van der Waals surface area contributed by atoms with Gasteiger partial charge < -0.3 is 24.0 Å². The van der Waals surface area contributed by atoms with Crippen LogP contribution in [-0.4, -0.2) is 68.6 Å². The van der Waals surface area contributed by atoms with Crippen LogP contribution in [0.5, 0.6) is 11.5 Å². The molecule has 33 heavy (non-hydrogen) atoms. The number of likely N-dealkylation sites (N-methyl/N-ethyl adjacent to an activating group) is 1. The fourth-order valence-corrected chi connectivity index (χ4v) is 4.97. The molecule has 1 fully saturated rings. The minimum absolute atomic E-state index is 0.164. The summed E-state index contributed by atoms with van der Waals surface area (Å²) in [6.07, 6.45) is 10.1. The zero-order valence-electron chi connectivity index (χ0n) is 20.7. The lowest BCUT2D eigenvalue weighted by Gasteiger charge is -2.23. The molecule has 1 aromatic rings. The van der Waals surface area contributed by atoms with Crippen LogP contribution in [0.1, 0.15) is 86.7 Å². The lowest BCUT2D eigenvalue weighted by Crippen LogP contribution is -2.37. The maximum atomic E-state index is 12.3. The summed E-state index contributed by atoms with van der Waals surface area (Å²) in [6.45, 7) is 4.91. The minimum Gasteiger partial charge on any atom is -0.497 e. The van der Waals surface area contributed by atoms with Gasteiger partial charge in [0, 0.05) is 44.7 Å². The van der Waals surface area contributed by atoms with Crippen molar-refractivity contribution in [3.63, 3.8) is 0 Å². The van der Waals surface area contributed by atoms with Crippen molar-refractivity contribution in [3.05, 3.63) is 23.3 Å². The van der Waals surface area contributed by atoms with E-state index < -0.39 is 0 Å². The predicted molar refractivity (Wildman–Crippen MR) is 128 cm³/mol. The molecule has 1 amide bonds. The number of ether oxygens (including phenoxy) is 3. The van der Waals surface area contributed by atoms with E-state index in [1.807, 2.05) is 18.0 Å². The average Bonchev–Trinajstić information content (AvgIpc) is 3.41. The number of nitrogens with zero attached hydrogens (tertiary/aromatic N) is 2. The molecule has 0 N–H and O–H groups in total. The Bertz CT molecular complexity index is 812. The molecule has 0 saturated carbocycles. The highest BCUT2D eigenvalue weighted by Crippen LogP contribution is 2.41. The Morgan fingerprint density at radius 3 is 2.45 bits per heavy atom. The Hall–Kier alpha value is -2.28. The van der Waals surface area contributed by atoms with Gasteiger partial charge in [0.15, 0.2) is 0 Å². The smallest absolute Gasteiger partial charge is 0.342 e. The van der Waals surface area contributed by atoms with Crippen molar-refractivity contribution in [1.82, 2.24) is 9.80 Å². The number of esters is 1. The van der Waals surface area contributed by atoms with Gasteiger partial charge in [-0.15, -0.1) is 0 Å². The Morgan fingerprint density at radius 2 is 1.79 bits per heavy atom. The van der Waals surface area contributed by atoms with Gasteiger partial charge in [-0.05, 0) is 38.3 Å². The molecule has 184 valence electrons. The fraction of sp³-hybridized carbons (Fsp3) is 0.692. The maximum absolute atomic E-state index is 12.3. The molecule has 0 unspecified atom stereocenters. The van der Waals surface area contributed by atoms with Crippen molar-refractivity contribution in [3.8, 4) is 11.5 Å². The van der Waals surface area contributed by atoms with Crippen LogP contribution in [0.4, 0.5) is 0 Å². The number of hydrogen-bond acceptors (Lipinski definition) is 6. The average molecular weight is 461 g/mol. The largest absolute Gasteiger partial charge is 0.497 e. The molecular formula is C26H40N2O5. The first kappa shape index (κ1) is 25.3. The number of hydrogen-bond donors (Lipinski definition) is 0.